The van der Waals surface area contributed by atoms with E-state index in [0.29, 0.717) is 17.1 Å². The molecule has 122 valence electrons. The summed E-state index contributed by atoms with van der Waals surface area (Å²) in [6, 6.07) is 14.9. The van der Waals surface area contributed by atoms with Gasteiger partial charge in [0.1, 0.15) is 5.76 Å². The molecule has 0 aliphatic heterocycles. The van der Waals surface area contributed by atoms with Gasteiger partial charge in [-0.3, -0.25) is 4.79 Å². The number of aryl methyl sites for hydroxylation is 2. The molecule has 0 aliphatic carbocycles. The normalized spacial score (nSPS) is 10.6. The van der Waals surface area contributed by atoms with Crippen molar-refractivity contribution in [3.63, 3.8) is 0 Å². The number of benzene rings is 2. The van der Waals surface area contributed by atoms with Crippen molar-refractivity contribution in [3.8, 4) is 11.3 Å². The lowest BCUT2D eigenvalue weighted by Crippen LogP contribution is -2.13. The van der Waals surface area contributed by atoms with E-state index in [1.54, 1.807) is 12.1 Å². The van der Waals surface area contributed by atoms with Crippen molar-refractivity contribution in [1.29, 1.82) is 0 Å². The van der Waals surface area contributed by atoms with Crippen molar-refractivity contribution >= 4 is 33.2 Å². The second-order valence-corrected chi connectivity index (χ2v) is 6.50. The summed E-state index contributed by atoms with van der Waals surface area (Å²) in [7, 11) is 0. The molecule has 1 heterocycles. The van der Waals surface area contributed by atoms with Crippen LogP contribution in [-0.4, -0.2) is 5.91 Å². The Balaban J connectivity index is 1.86. The van der Waals surface area contributed by atoms with E-state index in [0.717, 1.165) is 21.2 Å². The fourth-order valence-electron chi connectivity index (χ4n) is 2.61. The quantitative estimate of drug-likeness (QED) is 0.612. The first kappa shape index (κ1) is 16.3. The van der Waals surface area contributed by atoms with Crippen molar-refractivity contribution in [3.05, 3.63) is 69.9 Å². The lowest BCUT2D eigenvalue weighted by Gasteiger charge is -2.11. The summed E-state index contributed by atoms with van der Waals surface area (Å²) in [6.07, 6.45) is 0. The van der Waals surface area contributed by atoms with Crippen molar-refractivity contribution in [2.24, 2.45) is 0 Å². The van der Waals surface area contributed by atoms with Crippen LogP contribution in [0.15, 0.2) is 57.4 Å². The number of rotatable bonds is 3. The van der Waals surface area contributed by atoms with Crippen LogP contribution in [0, 0.1) is 13.8 Å². The Bertz CT molecular complexity index is 892. The Morgan fingerprint density at radius 3 is 2.58 bits per heavy atom. The number of hydrogen-bond acceptors (Lipinski definition) is 3. The zero-order valence-corrected chi connectivity index (χ0v) is 15.0. The molecule has 0 radical (unpaired) electrons. The molecule has 0 spiro atoms. The molecule has 3 N–H and O–H groups in total. The number of nitrogens with two attached hydrogens (primary N) is 1. The number of furan rings is 1. The molecule has 0 saturated carbocycles. The first-order chi connectivity index (χ1) is 11.5. The number of carbonyl (C=O) groups is 1. The molecular formula is C19H17BrN2O2. The zero-order valence-electron chi connectivity index (χ0n) is 13.4. The van der Waals surface area contributed by atoms with Gasteiger partial charge in [0.05, 0.1) is 11.4 Å². The van der Waals surface area contributed by atoms with Crippen LogP contribution in [0.2, 0.25) is 0 Å². The summed E-state index contributed by atoms with van der Waals surface area (Å²) < 4.78 is 6.61. The van der Waals surface area contributed by atoms with Gasteiger partial charge in [0.2, 0.25) is 0 Å². The minimum atomic E-state index is -0.327. The van der Waals surface area contributed by atoms with E-state index in [9.17, 15) is 4.79 Å². The van der Waals surface area contributed by atoms with Crippen molar-refractivity contribution < 1.29 is 9.21 Å². The first-order valence-corrected chi connectivity index (χ1v) is 8.28. The summed E-state index contributed by atoms with van der Waals surface area (Å²) in [5, 5.41) is 2.83. The standard InChI is InChI=1S/C19H17BrN2O2/c1-11-9-12(2)18(15(21)10-11)22-19(23)17-8-7-16(24-17)13-5-3-4-6-14(13)20/h3-10H,21H2,1-2H3,(H,22,23). The summed E-state index contributed by atoms with van der Waals surface area (Å²) in [5.74, 6) is 0.535. The number of amides is 1. The topological polar surface area (TPSA) is 68.3 Å². The third kappa shape index (κ3) is 3.21. The van der Waals surface area contributed by atoms with Crippen molar-refractivity contribution in [1.82, 2.24) is 0 Å². The van der Waals surface area contributed by atoms with E-state index in [1.165, 1.54) is 0 Å². The van der Waals surface area contributed by atoms with Crippen LogP contribution < -0.4 is 11.1 Å². The Morgan fingerprint density at radius 1 is 1.12 bits per heavy atom. The van der Waals surface area contributed by atoms with E-state index in [2.05, 4.69) is 21.2 Å². The third-order valence-electron chi connectivity index (χ3n) is 3.72. The second-order valence-electron chi connectivity index (χ2n) is 5.64. The number of nitrogen functional groups attached to an aromatic ring is 1. The molecule has 0 bridgehead atoms. The lowest BCUT2D eigenvalue weighted by atomic mass is 10.1. The van der Waals surface area contributed by atoms with E-state index in [1.807, 2.05) is 50.2 Å². The highest BCUT2D eigenvalue weighted by Gasteiger charge is 2.16. The highest BCUT2D eigenvalue weighted by molar-refractivity contribution is 9.10. The van der Waals surface area contributed by atoms with Gasteiger partial charge in [-0.25, -0.2) is 0 Å². The van der Waals surface area contributed by atoms with Gasteiger partial charge in [0.15, 0.2) is 5.76 Å². The second kappa shape index (κ2) is 6.53. The predicted octanol–water partition coefficient (Wildman–Crippen LogP) is 5.16. The van der Waals surface area contributed by atoms with E-state index >= 15 is 0 Å². The smallest absolute Gasteiger partial charge is 0.291 e. The van der Waals surface area contributed by atoms with Crippen molar-refractivity contribution in [2.45, 2.75) is 13.8 Å². The SMILES string of the molecule is Cc1cc(C)c(NC(=O)c2ccc(-c3ccccc3Br)o2)c(N)c1. The highest BCUT2D eigenvalue weighted by Crippen LogP contribution is 2.30. The minimum Gasteiger partial charge on any atom is -0.451 e. The molecule has 1 amide bonds. The molecule has 0 atom stereocenters. The highest BCUT2D eigenvalue weighted by atomic mass is 79.9. The molecule has 4 nitrogen and oxygen atoms in total. The Labute approximate surface area is 148 Å². The molecule has 3 aromatic rings. The Hall–Kier alpha value is -2.53. The molecule has 0 unspecified atom stereocenters. The van der Waals surface area contributed by atoms with Crippen LogP contribution in [-0.2, 0) is 0 Å². The number of hydrogen-bond donors (Lipinski definition) is 2. The molecule has 24 heavy (non-hydrogen) atoms. The number of anilines is 2. The van der Waals surface area contributed by atoms with E-state index in [4.69, 9.17) is 10.2 Å². The maximum Gasteiger partial charge on any atom is 0.291 e. The van der Waals surface area contributed by atoms with Crippen LogP contribution in [0.5, 0.6) is 0 Å². The first-order valence-electron chi connectivity index (χ1n) is 7.48. The summed E-state index contributed by atoms with van der Waals surface area (Å²) in [5.41, 5.74) is 10.0. The van der Waals surface area contributed by atoms with Gasteiger partial charge in [0.25, 0.3) is 5.91 Å². The average molecular weight is 385 g/mol. The predicted molar refractivity (Wildman–Crippen MR) is 100 cm³/mol. The van der Waals surface area contributed by atoms with Gasteiger partial charge in [0, 0.05) is 10.0 Å². The molecule has 1 aromatic heterocycles. The van der Waals surface area contributed by atoms with Crippen LogP contribution in [0.4, 0.5) is 11.4 Å². The molecule has 0 fully saturated rings. The van der Waals surface area contributed by atoms with Crippen LogP contribution >= 0.6 is 15.9 Å². The number of nitrogens with one attached hydrogen (secondary N) is 1. The summed E-state index contributed by atoms with van der Waals surface area (Å²) in [4.78, 5) is 12.5. The number of halogens is 1. The van der Waals surface area contributed by atoms with Gasteiger partial charge in [-0.05, 0) is 49.2 Å². The monoisotopic (exact) mass is 384 g/mol. The lowest BCUT2D eigenvalue weighted by molar-refractivity contribution is 0.0997. The number of carbonyl (C=O) groups excluding carboxylic acids is 1. The Kier molecular flexibility index (Phi) is 4.44. The Morgan fingerprint density at radius 2 is 1.88 bits per heavy atom. The zero-order chi connectivity index (χ0) is 17.3. The van der Waals surface area contributed by atoms with Crippen LogP contribution in [0.25, 0.3) is 11.3 Å². The van der Waals surface area contributed by atoms with E-state index in [-0.39, 0.29) is 11.7 Å². The van der Waals surface area contributed by atoms with Gasteiger partial charge in [-0.1, -0.05) is 40.2 Å². The summed E-state index contributed by atoms with van der Waals surface area (Å²) in [6.45, 7) is 3.87. The molecule has 2 aromatic carbocycles. The maximum atomic E-state index is 12.5. The third-order valence-corrected chi connectivity index (χ3v) is 4.41. The molecule has 0 aliphatic rings. The minimum absolute atomic E-state index is 0.236. The van der Waals surface area contributed by atoms with Gasteiger partial charge < -0.3 is 15.5 Å². The van der Waals surface area contributed by atoms with Crippen LogP contribution in [0.1, 0.15) is 21.7 Å². The van der Waals surface area contributed by atoms with Gasteiger partial charge >= 0.3 is 0 Å². The summed E-state index contributed by atoms with van der Waals surface area (Å²) >= 11 is 3.48. The largest absolute Gasteiger partial charge is 0.451 e. The van der Waals surface area contributed by atoms with Gasteiger partial charge in [-0.2, -0.15) is 0 Å². The molecule has 3 rings (SSSR count). The maximum absolute atomic E-state index is 12.5. The van der Waals surface area contributed by atoms with Gasteiger partial charge in [-0.15, -0.1) is 0 Å². The van der Waals surface area contributed by atoms with Crippen LogP contribution in [0.3, 0.4) is 0 Å². The van der Waals surface area contributed by atoms with Crippen molar-refractivity contribution in [2.75, 3.05) is 11.1 Å². The van der Waals surface area contributed by atoms with E-state index < -0.39 is 0 Å². The average Bonchev–Trinajstić information content (AvgIpc) is 3.01. The molecule has 5 heteroatoms. The molecular weight excluding hydrogens is 368 g/mol. The fraction of sp³-hybridized carbons (Fsp3) is 0.105. The fourth-order valence-corrected chi connectivity index (χ4v) is 3.09. The molecule has 0 saturated heterocycles.